The number of rotatable bonds is 2. The molecule has 3 nitrogen and oxygen atoms in total. The van der Waals surface area contributed by atoms with Crippen LogP contribution in [0.25, 0.3) is 0 Å². The van der Waals surface area contributed by atoms with E-state index in [-0.39, 0.29) is 11.6 Å². The number of carbonyl (C=O) groups is 1. The first kappa shape index (κ1) is 11.1. The number of hydrogen-bond acceptors (Lipinski definition) is 2. The van der Waals surface area contributed by atoms with Gasteiger partial charge < -0.3 is 10.2 Å². The average molecular weight is 223 g/mol. The van der Waals surface area contributed by atoms with Crippen molar-refractivity contribution in [2.24, 2.45) is 0 Å². The fraction of sp³-hybridized carbons (Fsp3) is 0.417. The molecule has 1 saturated heterocycles. The van der Waals surface area contributed by atoms with E-state index in [9.17, 15) is 9.18 Å². The number of piperazine rings is 1. The van der Waals surface area contributed by atoms with E-state index in [0.717, 1.165) is 26.2 Å². The normalized spacial score (nSPS) is 16.2. The second-order valence-electron chi connectivity index (χ2n) is 4.08. The number of nitrogens with zero attached hydrogens (tertiary/aromatic N) is 1. The minimum Gasteiger partial charge on any atom is -0.358 e. The van der Waals surface area contributed by atoms with Crippen LogP contribution < -0.4 is 10.2 Å². The van der Waals surface area contributed by atoms with Crippen molar-refractivity contribution in [2.45, 2.75) is 6.92 Å². The Bertz CT molecular complexity index is 400. The fourth-order valence-electron chi connectivity index (χ4n) is 1.97. The van der Waals surface area contributed by atoms with Gasteiger partial charge in [-0.05, 0) is 25.1 Å². The summed E-state index contributed by atoms with van der Waals surface area (Å²) in [6.45, 7) is 5.15. The number of anilines is 1. The molecule has 1 heterocycles. The van der Waals surface area contributed by atoms with Gasteiger partial charge in [-0.3, -0.25) is 4.79 Å². The maximum absolute atomic E-state index is 13.8. The highest BCUT2D eigenvalue weighted by Crippen LogP contribution is 2.20. The lowest BCUT2D eigenvalue weighted by Crippen LogP contribution is -2.89. The van der Waals surface area contributed by atoms with Gasteiger partial charge in [0, 0.05) is 5.56 Å². The molecule has 16 heavy (non-hydrogen) atoms. The number of ketones is 1. The van der Waals surface area contributed by atoms with Crippen molar-refractivity contribution in [1.82, 2.24) is 0 Å². The van der Waals surface area contributed by atoms with Crippen molar-refractivity contribution >= 4 is 11.5 Å². The molecule has 1 aromatic carbocycles. The van der Waals surface area contributed by atoms with Gasteiger partial charge in [0.05, 0.1) is 31.9 Å². The van der Waals surface area contributed by atoms with Crippen LogP contribution in [0.1, 0.15) is 17.3 Å². The Morgan fingerprint density at radius 1 is 1.38 bits per heavy atom. The predicted octanol–water partition coefficient (Wildman–Crippen LogP) is 0.412. The van der Waals surface area contributed by atoms with Gasteiger partial charge >= 0.3 is 0 Å². The maximum Gasteiger partial charge on any atom is 0.159 e. The first-order chi connectivity index (χ1) is 7.68. The molecule has 0 amide bonds. The number of Topliss-reactive ketones (excluding diaryl/α,β-unsaturated/α-hetero) is 1. The summed E-state index contributed by atoms with van der Waals surface area (Å²) in [6.07, 6.45) is 0. The number of nitrogens with two attached hydrogens (primary N) is 1. The third kappa shape index (κ3) is 2.22. The summed E-state index contributed by atoms with van der Waals surface area (Å²) in [5.41, 5.74) is 1.04. The molecule has 0 aliphatic carbocycles. The van der Waals surface area contributed by atoms with Crippen LogP contribution in [0.4, 0.5) is 10.1 Å². The zero-order valence-corrected chi connectivity index (χ0v) is 9.37. The first-order valence-corrected chi connectivity index (χ1v) is 5.55. The Morgan fingerprint density at radius 3 is 2.62 bits per heavy atom. The van der Waals surface area contributed by atoms with Crippen LogP contribution in [0.5, 0.6) is 0 Å². The van der Waals surface area contributed by atoms with E-state index in [2.05, 4.69) is 5.32 Å². The Morgan fingerprint density at radius 2 is 2.06 bits per heavy atom. The predicted molar refractivity (Wildman–Crippen MR) is 60.3 cm³/mol. The molecule has 0 unspecified atom stereocenters. The van der Waals surface area contributed by atoms with Crippen LogP contribution in [0.3, 0.4) is 0 Å². The summed E-state index contributed by atoms with van der Waals surface area (Å²) in [7, 11) is 0. The minimum absolute atomic E-state index is 0.0996. The van der Waals surface area contributed by atoms with E-state index in [1.54, 1.807) is 12.1 Å². The highest BCUT2D eigenvalue weighted by atomic mass is 19.1. The second-order valence-corrected chi connectivity index (χ2v) is 4.08. The number of halogens is 1. The molecule has 0 aromatic heterocycles. The first-order valence-electron chi connectivity index (χ1n) is 5.55. The molecule has 1 aliphatic heterocycles. The van der Waals surface area contributed by atoms with E-state index in [1.807, 2.05) is 4.90 Å². The van der Waals surface area contributed by atoms with Crippen LogP contribution >= 0.6 is 0 Å². The summed E-state index contributed by atoms with van der Waals surface area (Å²) < 4.78 is 13.8. The van der Waals surface area contributed by atoms with Gasteiger partial charge in [-0.1, -0.05) is 0 Å². The summed E-state index contributed by atoms with van der Waals surface area (Å²) in [5, 5.41) is 2.22. The highest BCUT2D eigenvalue weighted by Gasteiger charge is 2.16. The van der Waals surface area contributed by atoms with Crippen molar-refractivity contribution < 1.29 is 14.5 Å². The summed E-state index contributed by atoms with van der Waals surface area (Å²) in [4.78, 5) is 13.1. The van der Waals surface area contributed by atoms with E-state index in [1.165, 1.54) is 13.0 Å². The Kier molecular flexibility index (Phi) is 3.19. The summed E-state index contributed by atoms with van der Waals surface area (Å²) >= 11 is 0. The second kappa shape index (κ2) is 4.61. The molecule has 1 fully saturated rings. The Labute approximate surface area is 94.3 Å². The average Bonchev–Trinajstić information content (AvgIpc) is 2.30. The molecule has 2 rings (SSSR count). The van der Waals surface area contributed by atoms with Gasteiger partial charge in [-0.15, -0.1) is 0 Å². The van der Waals surface area contributed by atoms with Gasteiger partial charge in [0.15, 0.2) is 5.78 Å². The third-order valence-corrected chi connectivity index (χ3v) is 2.90. The quantitative estimate of drug-likeness (QED) is 0.737. The van der Waals surface area contributed by atoms with Gasteiger partial charge in [0.2, 0.25) is 0 Å². The van der Waals surface area contributed by atoms with Crippen molar-refractivity contribution in [3.8, 4) is 0 Å². The molecule has 4 heteroatoms. The number of benzene rings is 1. The molecule has 0 saturated carbocycles. The largest absolute Gasteiger partial charge is 0.358 e. The number of hydrogen-bond donors (Lipinski definition) is 1. The Hall–Kier alpha value is -1.42. The molecule has 1 aliphatic rings. The van der Waals surface area contributed by atoms with Crippen LogP contribution in [0.15, 0.2) is 18.2 Å². The van der Waals surface area contributed by atoms with Crippen molar-refractivity contribution in [3.63, 3.8) is 0 Å². The van der Waals surface area contributed by atoms with Crippen molar-refractivity contribution in [1.29, 1.82) is 0 Å². The smallest absolute Gasteiger partial charge is 0.159 e. The van der Waals surface area contributed by atoms with Crippen LogP contribution in [-0.4, -0.2) is 32.0 Å². The minimum atomic E-state index is -0.297. The lowest BCUT2D eigenvalue weighted by atomic mass is 10.1. The van der Waals surface area contributed by atoms with Gasteiger partial charge in [-0.2, -0.15) is 0 Å². The van der Waals surface area contributed by atoms with E-state index in [0.29, 0.717) is 11.3 Å². The lowest BCUT2D eigenvalue weighted by molar-refractivity contribution is -0.655. The van der Waals surface area contributed by atoms with E-state index >= 15 is 0 Å². The zero-order chi connectivity index (χ0) is 11.5. The molecule has 1 aromatic rings. The zero-order valence-electron chi connectivity index (χ0n) is 9.37. The van der Waals surface area contributed by atoms with E-state index in [4.69, 9.17) is 0 Å². The molecule has 0 radical (unpaired) electrons. The molecule has 86 valence electrons. The molecule has 0 spiro atoms. The van der Waals surface area contributed by atoms with E-state index < -0.39 is 0 Å². The van der Waals surface area contributed by atoms with Gasteiger partial charge in [0.1, 0.15) is 5.82 Å². The summed E-state index contributed by atoms with van der Waals surface area (Å²) in [5.74, 6) is -0.396. The number of quaternary nitrogens is 1. The van der Waals surface area contributed by atoms with Crippen LogP contribution in [0.2, 0.25) is 0 Å². The monoisotopic (exact) mass is 223 g/mol. The van der Waals surface area contributed by atoms with Gasteiger partial charge in [-0.25, -0.2) is 4.39 Å². The fourth-order valence-corrected chi connectivity index (χ4v) is 1.97. The number of carbonyl (C=O) groups excluding carboxylic acids is 1. The van der Waals surface area contributed by atoms with Crippen molar-refractivity contribution in [3.05, 3.63) is 29.6 Å². The Balaban J connectivity index is 2.24. The van der Waals surface area contributed by atoms with Crippen LogP contribution in [-0.2, 0) is 0 Å². The SMILES string of the molecule is CC(=O)c1ccc(N2CC[NH2+]CC2)c(F)c1. The highest BCUT2D eigenvalue weighted by molar-refractivity contribution is 5.94. The third-order valence-electron chi connectivity index (χ3n) is 2.90. The lowest BCUT2D eigenvalue weighted by Gasteiger charge is -2.27. The maximum atomic E-state index is 13.8. The molecule has 2 N–H and O–H groups in total. The molecule has 0 atom stereocenters. The standard InChI is InChI=1S/C12H15FN2O/c1-9(16)10-2-3-12(11(13)8-10)15-6-4-14-5-7-15/h2-3,8,14H,4-7H2,1H3/p+1. The molecule has 0 bridgehead atoms. The van der Waals surface area contributed by atoms with Crippen LogP contribution in [0, 0.1) is 5.82 Å². The molecular weight excluding hydrogens is 207 g/mol. The topological polar surface area (TPSA) is 36.9 Å². The summed E-state index contributed by atoms with van der Waals surface area (Å²) in [6, 6.07) is 4.73. The molecular formula is C12H16FN2O+. The van der Waals surface area contributed by atoms with Crippen molar-refractivity contribution in [2.75, 3.05) is 31.1 Å². The van der Waals surface area contributed by atoms with Gasteiger partial charge in [0.25, 0.3) is 0 Å².